The molecule has 0 N–H and O–H groups in total. The van der Waals surface area contributed by atoms with Crippen molar-refractivity contribution in [1.82, 2.24) is 0 Å². The Hall–Kier alpha value is -3.05. The molecular formula is C27H26N2. The van der Waals surface area contributed by atoms with Crippen LogP contribution in [-0.4, -0.2) is 13.1 Å². The molecule has 3 aromatic carbocycles. The molecule has 2 aliphatic rings. The van der Waals surface area contributed by atoms with E-state index in [1.165, 1.54) is 52.8 Å². The molecular weight excluding hydrogens is 352 g/mol. The molecule has 1 aliphatic carbocycles. The Labute approximate surface area is 173 Å². The summed E-state index contributed by atoms with van der Waals surface area (Å²) in [5.41, 5.74) is 11.0. The van der Waals surface area contributed by atoms with E-state index in [2.05, 4.69) is 72.5 Å². The van der Waals surface area contributed by atoms with E-state index in [4.69, 9.17) is 0 Å². The first-order valence-electron chi connectivity index (χ1n) is 10.8. The minimum atomic E-state index is 0.855. The number of hydrogen-bond acceptors (Lipinski definition) is 2. The third-order valence-electron chi connectivity index (χ3n) is 6.50. The zero-order valence-electron chi connectivity index (χ0n) is 17.0. The Bertz CT molecular complexity index is 1100. The van der Waals surface area contributed by atoms with E-state index in [1.807, 2.05) is 0 Å². The summed E-state index contributed by atoms with van der Waals surface area (Å²) in [5, 5.41) is 10.3. The van der Waals surface area contributed by atoms with Crippen molar-refractivity contribution in [1.29, 1.82) is 5.26 Å². The van der Waals surface area contributed by atoms with Gasteiger partial charge in [-0.15, -0.1) is 0 Å². The maximum Gasteiger partial charge on any atom is 0.102 e. The van der Waals surface area contributed by atoms with Crippen LogP contribution in [0.25, 0.3) is 22.3 Å². The summed E-state index contributed by atoms with van der Waals surface area (Å²) in [6.07, 6.45) is 5.79. The molecule has 0 amide bonds. The van der Waals surface area contributed by atoms with Crippen molar-refractivity contribution in [3.63, 3.8) is 0 Å². The van der Waals surface area contributed by atoms with Crippen molar-refractivity contribution in [3.05, 3.63) is 76.9 Å². The second-order valence-corrected chi connectivity index (χ2v) is 8.36. The molecule has 5 rings (SSSR count). The molecule has 29 heavy (non-hydrogen) atoms. The Morgan fingerprint density at radius 1 is 0.828 bits per heavy atom. The van der Waals surface area contributed by atoms with Gasteiger partial charge in [-0.25, -0.2) is 0 Å². The van der Waals surface area contributed by atoms with Gasteiger partial charge >= 0.3 is 0 Å². The first-order chi connectivity index (χ1) is 14.3. The van der Waals surface area contributed by atoms with Gasteiger partial charge in [0.1, 0.15) is 6.07 Å². The van der Waals surface area contributed by atoms with Crippen LogP contribution in [0.5, 0.6) is 0 Å². The lowest BCUT2D eigenvalue weighted by molar-refractivity contribution is 0.576. The summed E-state index contributed by atoms with van der Waals surface area (Å²) in [6, 6.07) is 22.3. The molecule has 144 valence electrons. The maximum absolute atomic E-state index is 10.3. The summed E-state index contributed by atoms with van der Waals surface area (Å²) < 4.78 is 0. The number of nitriles is 1. The lowest BCUT2D eigenvalue weighted by atomic mass is 9.80. The second kappa shape index (κ2) is 7.41. The van der Waals surface area contributed by atoms with Gasteiger partial charge in [-0.2, -0.15) is 5.26 Å². The fourth-order valence-corrected chi connectivity index (χ4v) is 5.00. The van der Waals surface area contributed by atoms with Crippen LogP contribution in [0.2, 0.25) is 0 Å². The average molecular weight is 379 g/mol. The van der Waals surface area contributed by atoms with E-state index in [-0.39, 0.29) is 0 Å². The van der Waals surface area contributed by atoms with Crippen molar-refractivity contribution in [2.75, 3.05) is 18.0 Å². The lowest BCUT2D eigenvalue weighted by Gasteiger charge is -2.35. The molecule has 2 heteroatoms. The Morgan fingerprint density at radius 3 is 2.34 bits per heavy atom. The molecule has 0 bridgehead atoms. The number of rotatable bonds is 2. The number of hydrogen-bond donors (Lipinski definition) is 0. The molecule has 0 radical (unpaired) electrons. The summed E-state index contributed by atoms with van der Waals surface area (Å²) in [4.78, 5) is 2.49. The Kier molecular flexibility index (Phi) is 4.60. The molecule has 1 saturated heterocycles. The quantitative estimate of drug-likeness (QED) is 0.524. The number of nitrogens with zero attached hydrogens (tertiary/aromatic N) is 2. The van der Waals surface area contributed by atoms with Crippen molar-refractivity contribution >= 4 is 5.69 Å². The van der Waals surface area contributed by atoms with Crippen molar-refractivity contribution in [2.24, 2.45) is 0 Å². The molecule has 2 nitrogen and oxygen atoms in total. The minimum absolute atomic E-state index is 0.855. The van der Waals surface area contributed by atoms with Crippen LogP contribution in [-0.2, 0) is 12.8 Å². The summed E-state index contributed by atoms with van der Waals surface area (Å²) in [7, 11) is 0. The van der Waals surface area contributed by atoms with Crippen LogP contribution < -0.4 is 4.90 Å². The number of piperidine rings is 1. The van der Waals surface area contributed by atoms with Gasteiger partial charge in [0, 0.05) is 18.7 Å². The Morgan fingerprint density at radius 2 is 1.59 bits per heavy atom. The first kappa shape index (κ1) is 18.0. The monoisotopic (exact) mass is 378 g/mol. The average Bonchev–Trinajstić information content (AvgIpc) is 2.78. The third kappa shape index (κ3) is 3.12. The van der Waals surface area contributed by atoms with Crippen LogP contribution in [0.15, 0.2) is 54.6 Å². The molecule has 3 aromatic rings. The van der Waals surface area contributed by atoms with Gasteiger partial charge in [-0.3, -0.25) is 0 Å². The Balaban J connectivity index is 1.80. The number of aryl methyl sites for hydroxylation is 2. The van der Waals surface area contributed by atoms with Gasteiger partial charge in [0.25, 0.3) is 0 Å². The van der Waals surface area contributed by atoms with Gasteiger partial charge in [0.05, 0.1) is 11.3 Å². The zero-order chi connectivity index (χ0) is 19.8. The molecule has 0 aromatic heterocycles. The second-order valence-electron chi connectivity index (χ2n) is 8.36. The predicted octanol–water partition coefficient (Wildman–Crippen LogP) is 6.29. The van der Waals surface area contributed by atoms with Crippen LogP contribution >= 0.6 is 0 Å². The maximum atomic E-state index is 10.3. The fourth-order valence-electron chi connectivity index (χ4n) is 5.00. The molecule has 1 heterocycles. The highest BCUT2D eigenvalue weighted by molar-refractivity contribution is 5.90. The smallest absolute Gasteiger partial charge is 0.102 e. The van der Waals surface area contributed by atoms with Crippen LogP contribution in [0.1, 0.15) is 41.5 Å². The summed E-state index contributed by atoms with van der Waals surface area (Å²) in [5.74, 6) is 0. The molecule has 0 saturated carbocycles. The highest BCUT2D eigenvalue weighted by Gasteiger charge is 2.27. The normalized spacial score (nSPS) is 15.4. The summed E-state index contributed by atoms with van der Waals surface area (Å²) in [6.45, 7) is 4.22. The third-order valence-corrected chi connectivity index (χ3v) is 6.50. The van der Waals surface area contributed by atoms with Gasteiger partial charge in [0.2, 0.25) is 0 Å². The fraction of sp³-hybridized carbons (Fsp3) is 0.296. The van der Waals surface area contributed by atoms with E-state index in [9.17, 15) is 5.26 Å². The minimum Gasteiger partial charge on any atom is -0.370 e. The van der Waals surface area contributed by atoms with Gasteiger partial charge in [-0.1, -0.05) is 54.1 Å². The molecule has 1 fully saturated rings. The van der Waals surface area contributed by atoms with E-state index < -0.39 is 0 Å². The molecule has 0 atom stereocenters. The molecule has 0 unspecified atom stereocenters. The van der Waals surface area contributed by atoms with Crippen LogP contribution in [0.3, 0.4) is 0 Å². The standard InChI is InChI=1S/C27H26N2/c1-19-9-11-21(12-10-19)24-17-25-22-8-4-3-7-20(22)13-14-23(25)27(26(24)18-28)29-15-5-2-6-16-29/h3-4,7-12,17H,2,5-6,13-16H2,1H3. The summed E-state index contributed by atoms with van der Waals surface area (Å²) >= 11 is 0. The van der Waals surface area contributed by atoms with E-state index >= 15 is 0 Å². The van der Waals surface area contributed by atoms with E-state index in [1.54, 1.807) is 0 Å². The highest BCUT2D eigenvalue weighted by Crippen LogP contribution is 2.45. The topological polar surface area (TPSA) is 27.0 Å². The molecule has 1 aliphatic heterocycles. The van der Waals surface area contributed by atoms with Crippen molar-refractivity contribution in [3.8, 4) is 28.3 Å². The number of benzene rings is 3. The van der Waals surface area contributed by atoms with E-state index in [0.29, 0.717) is 0 Å². The lowest BCUT2D eigenvalue weighted by Crippen LogP contribution is -2.31. The first-order valence-corrected chi connectivity index (χ1v) is 10.8. The van der Waals surface area contributed by atoms with Crippen LogP contribution in [0.4, 0.5) is 5.69 Å². The number of anilines is 1. The van der Waals surface area contributed by atoms with Gasteiger partial charge < -0.3 is 4.90 Å². The van der Waals surface area contributed by atoms with Crippen molar-refractivity contribution in [2.45, 2.75) is 39.0 Å². The largest absolute Gasteiger partial charge is 0.370 e. The molecule has 0 spiro atoms. The highest BCUT2D eigenvalue weighted by atomic mass is 15.1. The van der Waals surface area contributed by atoms with Crippen LogP contribution in [0, 0.1) is 18.3 Å². The van der Waals surface area contributed by atoms with E-state index in [0.717, 1.165) is 42.6 Å². The zero-order valence-corrected chi connectivity index (χ0v) is 17.0. The van der Waals surface area contributed by atoms with Gasteiger partial charge in [-0.05, 0) is 72.9 Å². The van der Waals surface area contributed by atoms with Crippen molar-refractivity contribution < 1.29 is 0 Å². The van der Waals surface area contributed by atoms with Gasteiger partial charge in [0.15, 0.2) is 0 Å². The number of fused-ring (bicyclic) bond motifs is 3. The predicted molar refractivity (Wildman–Crippen MR) is 120 cm³/mol. The SMILES string of the molecule is Cc1ccc(-c2cc3c(c(N4CCCCC4)c2C#N)CCc2ccccc2-3)cc1.